The van der Waals surface area contributed by atoms with Crippen LogP contribution in [0.15, 0.2) is 59.6 Å². The van der Waals surface area contributed by atoms with Gasteiger partial charge in [-0.3, -0.25) is 4.79 Å². The van der Waals surface area contributed by atoms with Crippen molar-refractivity contribution >= 4 is 34.5 Å². The highest BCUT2D eigenvalue weighted by molar-refractivity contribution is 7.07. The van der Waals surface area contributed by atoms with Gasteiger partial charge in [0.2, 0.25) is 5.51 Å². The van der Waals surface area contributed by atoms with Crippen molar-refractivity contribution in [1.29, 1.82) is 0 Å². The van der Waals surface area contributed by atoms with Crippen LogP contribution in [0.4, 0.5) is 5.69 Å². The maximum atomic E-state index is 13.0. The Bertz CT molecular complexity index is 1060. The van der Waals surface area contributed by atoms with Crippen LogP contribution in [0.1, 0.15) is 99.9 Å². The zero-order valence-electron chi connectivity index (χ0n) is 22.2. The molecule has 0 bridgehead atoms. The number of hydrogen-bond donors (Lipinski definition) is 1. The van der Waals surface area contributed by atoms with Gasteiger partial charge in [0.15, 0.2) is 12.7 Å². The second-order valence-corrected chi connectivity index (χ2v) is 10.9. The number of nitrogens with zero attached hydrogens (tertiary/aromatic N) is 1. The molecule has 1 aromatic heterocycles. The van der Waals surface area contributed by atoms with Crippen molar-refractivity contribution in [2.24, 2.45) is 0 Å². The van der Waals surface area contributed by atoms with Gasteiger partial charge in [-0.05, 0) is 30.7 Å². The van der Waals surface area contributed by atoms with Gasteiger partial charge in [-0.1, -0.05) is 119 Å². The number of carbonyl (C=O) groups excluding carboxylic acids is 1. The maximum Gasteiger partial charge on any atom is 0.255 e. The predicted octanol–water partition coefficient (Wildman–Crippen LogP) is 9.07. The minimum Gasteiger partial charge on any atom is -0.492 e. The summed E-state index contributed by atoms with van der Waals surface area (Å²) < 4.78 is 8.05. The number of unbranched alkanes of at least 4 members (excludes halogenated alkanes) is 11. The topological polar surface area (TPSA) is 42.2 Å². The van der Waals surface area contributed by atoms with E-state index in [1.165, 1.54) is 64.2 Å². The van der Waals surface area contributed by atoms with Crippen molar-refractivity contribution in [1.82, 2.24) is 0 Å². The predicted molar refractivity (Wildman–Crippen MR) is 156 cm³/mol. The summed E-state index contributed by atoms with van der Waals surface area (Å²) in [6, 6.07) is 13.1. The average molecular weight is 542 g/mol. The quantitative estimate of drug-likeness (QED) is 0.129. The van der Waals surface area contributed by atoms with E-state index in [2.05, 4.69) is 22.3 Å². The fraction of sp³-hybridized carbons (Fsp3) is 0.484. The summed E-state index contributed by atoms with van der Waals surface area (Å²) in [5.74, 6) is 0.397. The first-order valence-corrected chi connectivity index (χ1v) is 15.2. The van der Waals surface area contributed by atoms with Gasteiger partial charge in [-0.15, -0.1) is 0 Å². The molecule has 0 fully saturated rings. The summed E-state index contributed by atoms with van der Waals surface area (Å²) in [7, 11) is 0. The number of carbonyl (C=O) groups is 1. The number of anilines is 1. The van der Waals surface area contributed by atoms with E-state index in [1.54, 1.807) is 29.5 Å². The van der Waals surface area contributed by atoms with E-state index in [1.807, 2.05) is 35.8 Å². The third-order valence-electron chi connectivity index (χ3n) is 6.59. The van der Waals surface area contributed by atoms with E-state index < -0.39 is 0 Å². The normalized spacial score (nSPS) is 11.0. The van der Waals surface area contributed by atoms with Crippen molar-refractivity contribution < 1.29 is 14.1 Å². The fourth-order valence-electron chi connectivity index (χ4n) is 4.40. The van der Waals surface area contributed by atoms with Gasteiger partial charge in [-0.2, -0.15) is 4.57 Å². The van der Waals surface area contributed by atoms with Crippen LogP contribution in [0.2, 0.25) is 5.02 Å². The molecule has 0 spiro atoms. The van der Waals surface area contributed by atoms with E-state index in [0.29, 0.717) is 29.5 Å². The lowest BCUT2D eigenvalue weighted by molar-refractivity contribution is -0.683. The van der Waals surface area contributed by atoms with Crippen molar-refractivity contribution in [3.8, 4) is 5.75 Å². The lowest BCUT2D eigenvalue weighted by atomic mass is 10.1. The van der Waals surface area contributed by atoms with E-state index in [0.717, 1.165) is 24.1 Å². The molecule has 1 N–H and O–H groups in total. The number of nitrogens with one attached hydrogen (secondary N) is 1. The van der Waals surface area contributed by atoms with E-state index in [4.69, 9.17) is 16.3 Å². The van der Waals surface area contributed by atoms with Crippen molar-refractivity contribution in [2.75, 3.05) is 11.9 Å². The molecule has 0 radical (unpaired) electrons. The average Bonchev–Trinajstić information content (AvgIpc) is 3.42. The van der Waals surface area contributed by atoms with Crippen LogP contribution in [0.3, 0.4) is 0 Å². The van der Waals surface area contributed by atoms with Crippen LogP contribution in [-0.4, -0.2) is 12.5 Å². The zero-order valence-corrected chi connectivity index (χ0v) is 23.8. The third-order valence-corrected chi connectivity index (χ3v) is 7.58. The summed E-state index contributed by atoms with van der Waals surface area (Å²) in [4.78, 5) is 13.0. The van der Waals surface area contributed by atoms with E-state index in [-0.39, 0.29) is 5.91 Å². The lowest BCUT2D eigenvalue weighted by Gasteiger charge is -2.12. The molecular weight excluding hydrogens is 500 g/mol. The minimum atomic E-state index is -0.172. The van der Waals surface area contributed by atoms with Gasteiger partial charge in [0.25, 0.3) is 5.91 Å². The van der Waals surface area contributed by atoms with E-state index in [9.17, 15) is 4.79 Å². The molecular formula is C31H42ClN2O2S+. The molecule has 0 saturated carbocycles. The fourth-order valence-corrected chi connectivity index (χ4v) is 5.17. The highest BCUT2D eigenvalue weighted by Crippen LogP contribution is 2.27. The Morgan fingerprint density at radius 2 is 1.59 bits per heavy atom. The molecule has 0 aliphatic heterocycles. The third kappa shape index (κ3) is 10.9. The molecule has 2 aromatic carbocycles. The van der Waals surface area contributed by atoms with Crippen LogP contribution in [0.25, 0.3) is 0 Å². The molecule has 4 nitrogen and oxygen atoms in total. The van der Waals surface area contributed by atoms with Gasteiger partial charge < -0.3 is 10.1 Å². The molecule has 3 rings (SSSR count). The number of ether oxygens (including phenoxy) is 1. The Balaban J connectivity index is 1.37. The second-order valence-electron chi connectivity index (χ2n) is 9.69. The number of thiazole rings is 1. The monoisotopic (exact) mass is 541 g/mol. The number of hydrogen-bond acceptors (Lipinski definition) is 3. The molecule has 1 heterocycles. The van der Waals surface area contributed by atoms with Crippen molar-refractivity contribution in [3.05, 3.63) is 75.7 Å². The molecule has 0 aliphatic carbocycles. The zero-order chi connectivity index (χ0) is 26.1. The second kappa shape index (κ2) is 17.2. The lowest BCUT2D eigenvalue weighted by Crippen LogP contribution is -2.31. The first-order valence-electron chi connectivity index (χ1n) is 13.9. The molecule has 6 heteroatoms. The number of amides is 1. The minimum absolute atomic E-state index is 0.172. The first kappa shape index (κ1) is 29.2. The van der Waals surface area contributed by atoms with E-state index >= 15 is 0 Å². The Hall–Kier alpha value is -2.37. The molecule has 3 aromatic rings. The Morgan fingerprint density at radius 3 is 2.27 bits per heavy atom. The van der Waals surface area contributed by atoms with Crippen LogP contribution in [-0.2, 0) is 6.54 Å². The molecule has 0 saturated heterocycles. The van der Waals surface area contributed by atoms with Gasteiger partial charge in [0.05, 0.1) is 22.7 Å². The van der Waals surface area contributed by atoms with Gasteiger partial charge in [-0.25, -0.2) is 0 Å². The van der Waals surface area contributed by atoms with Gasteiger partial charge in [0.1, 0.15) is 5.75 Å². The Kier molecular flexibility index (Phi) is 13.6. The summed E-state index contributed by atoms with van der Waals surface area (Å²) in [6.45, 7) is 3.58. The van der Waals surface area contributed by atoms with Crippen LogP contribution in [0.5, 0.6) is 5.75 Å². The largest absolute Gasteiger partial charge is 0.492 e. The standard InChI is InChI=1S/C31H41ClN2O2S/c1-2-3-4-5-6-7-8-9-10-11-12-15-21-36-30-23-26(18-19-28(30)32)31(35)33-29-17-14-13-16-27(29)24-34-20-22-37-25-34/h13-14,16-20,22-23,25H,2-12,15,21,24H2,1H3/p+1. The number of para-hydroxylation sites is 1. The van der Waals surface area contributed by atoms with Crippen LogP contribution >= 0.6 is 22.9 Å². The van der Waals surface area contributed by atoms with Gasteiger partial charge >= 0.3 is 0 Å². The molecule has 1 amide bonds. The maximum absolute atomic E-state index is 13.0. The summed E-state index contributed by atoms with van der Waals surface area (Å²) >= 11 is 8.00. The Labute approximate surface area is 232 Å². The molecule has 37 heavy (non-hydrogen) atoms. The SMILES string of the molecule is CCCCCCCCCCCCCCOc1cc(C(=O)Nc2ccccc2C[n+]2ccsc2)ccc1Cl. The first-order chi connectivity index (χ1) is 18.2. The van der Waals surface area contributed by atoms with Crippen LogP contribution < -0.4 is 14.6 Å². The summed E-state index contributed by atoms with van der Waals surface area (Å²) in [6.07, 6.45) is 17.7. The number of rotatable bonds is 18. The highest BCUT2D eigenvalue weighted by atomic mass is 35.5. The Morgan fingerprint density at radius 1 is 0.919 bits per heavy atom. The van der Waals surface area contributed by atoms with Gasteiger partial charge in [0, 0.05) is 11.1 Å². The number of halogens is 1. The highest BCUT2D eigenvalue weighted by Gasteiger charge is 2.14. The molecule has 0 unspecified atom stereocenters. The molecule has 200 valence electrons. The molecule has 0 atom stereocenters. The molecule has 0 aliphatic rings. The number of aromatic nitrogens is 1. The number of benzene rings is 2. The van der Waals surface area contributed by atoms with Crippen LogP contribution in [0, 0.1) is 0 Å². The van der Waals surface area contributed by atoms with Crippen molar-refractivity contribution in [3.63, 3.8) is 0 Å². The van der Waals surface area contributed by atoms with Crippen molar-refractivity contribution in [2.45, 2.75) is 90.5 Å². The summed E-state index contributed by atoms with van der Waals surface area (Å²) in [5, 5.41) is 5.62. The smallest absolute Gasteiger partial charge is 0.255 e. The summed E-state index contributed by atoms with van der Waals surface area (Å²) in [5.41, 5.74) is 4.45.